The van der Waals surface area contributed by atoms with E-state index in [1.807, 2.05) is 44.5 Å². The van der Waals surface area contributed by atoms with Gasteiger partial charge in [0.15, 0.2) is 22.2 Å². The normalized spacial score (nSPS) is 11.8. The second-order valence-electron chi connectivity index (χ2n) is 7.95. The van der Waals surface area contributed by atoms with Gasteiger partial charge in [-0.05, 0) is 51.0 Å². The lowest BCUT2D eigenvalue weighted by atomic mass is 10.1. The molecular formula is C22H28N6O3S2. The fourth-order valence-corrected chi connectivity index (χ4v) is 4.92. The summed E-state index contributed by atoms with van der Waals surface area (Å²) >= 11 is 2.44. The molecule has 1 N–H and O–H groups in total. The van der Waals surface area contributed by atoms with E-state index >= 15 is 0 Å². The predicted molar refractivity (Wildman–Crippen MR) is 130 cm³/mol. The highest BCUT2D eigenvalue weighted by molar-refractivity contribution is 7.99. The molecule has 2 heterocycles. The largest absolute Gasteiger partial charge is 0.483 e. The molecule has 1 unspecified atom stereocenters. The first-order valence-corrected chi connectivity index (χ1v) is 12.1. The average Bonchev–Trinajstić information content (AvgIpc) is 3.26. The number of anilines is 1. The molecule has 2 amide bonds. The van der Waals surface area contributed by atoms with E-state index < -0.39 is 0 Å². The van der Waals surface area contributed by atoms with Crippen molar-refractivity contribution in [3.05, 3.63) is 45.7 Å². The van der Waals surface area contributed by atoms with Crippen molar-refractivity contribution in [3.8, 4) is 5.75 Å². The van der Waals surface area contributed by atoms with Crippen molar-refractivity contribution in [2.45, 2.75) is 39.0 Å². The maximum absolute atomic E-state index is 12.4. The third-order valence-corrected chi connectivity index (χ3v) is 6.80. The lowest BCUT2D eigenvalue weighted by Gasteiger charge is -2.15. The van der Waals surface area contributed by atoms with Gasteiger partial charge in [0.05, 0.1) is 11.4 Å². The van der Waals surface area contributed by atoms with Crippen LogP contribution < -0.4 is 10.1 Å². The van der Waals surface area contributed by atoms with E-state index in [1.54, 1.807) is 21.0 Å². The van der Waals surface area contributed by atoms with Crippen LogP contribution in [-0.4, -0.2) is 56.3 Å². The van der Waals surface area contributed by atoms with E-state index in [4.69, 9.17) is 4.74 Å². The Morgan fingerprint density at radius 3 is 2.48 bits per heavy atom. The third-order valence-electron chi connectivity index (χ3n) is 4.72. The van der Waals surface area contributed by atoms with Crippen LogP contribution in [0.2, 0.25) is 0 Å². The number of aromatic nitrogens is 4. The fourth-order valence-electron chi connectivity index (χ4n) is 3.20. The second-order valence-corrected chi connectivity index (χ2v) is 9.89. The first-order chi connectivity index (χ1) is 15.5. The number of hydrogen-bond acceptors (Lipinski definition) is 8. The second kappa shape index (κ2) is 10.3. The number of thioether (sulfide) groups is 1. The molecule has 0 aliphatic carbocycles. The van der Waals surface area contributed by atoms with Crippen LogP contribution in [0.25, 0.3) is 0 Å². The third kappa shape index (κ3) is 6.11. The smallest absolute Gasteiger partial charge is 0.265 e. The standard InChI is InChI=1S/C22H28N6O3S2/c1-12-8-13(2)10-16(9-12)31-15(4)19-25-26-22(28(19)7)32-11-17(29)24-21-23-14(3)18(33-21)20(30)27(5)6/h8-10,15H,11H2,1-7H3,(H,23,24,29). The first-order valence-electron chi connectivity index (χ1n) is 10.3. The van der Waals surface area contributed by atoms with E-state index in [9.17, 15) is 9.59 Å². The number of rotatable bonds is 8. The zero-order valence-electron chi connectivity index (χ0n) is 19.8. The molecule has 11 heteroatoms. The number of ether oxygens (including phenoxy) is 1. The average molecular weight is 489 g/mol. The van der Waals surface area contributed by atoms with Gasteiger partial charge in [0, 0.05) is 21.1 Å². The van der Waals surface area contributed by atoms with Gasteiger partial charge < -0.3 is 19.5 Å². The topological polar surface area (TPSA) is 102 Å². The van der Waals surface area contributed by atoms with Gasteiger partial charge in [-0.15, -0.1) is 10.2 Å². The summed E-state index contributed by atoms with van der Waals surface area (Å²) in [5.74, 6) is 1.21. The van der Waals surface area contributed by atoms with E-state index in [2.05, 4.69) is 26.6 Å². The number of carbonyl (C=O) groups is 2. The summed E-state index contributed by atoms with van der Waals surface area (Å²) in [6, 6.07) is 6.06. The molecule has 33 heavy (non-hydrogen) atoms. The highest BCUT2D eigenvalue weighted by Crippen LogP contribution is 2.26. The Bertz CT molecular complexity index is 1150. The fraction of sp³-hybridized carbons (Fsp3) is 0.409. The highest BCUT2D eigenvalue weighted by Gasteiger charge is 2.20. The van der Waals surface area contributed by atoms with Gasteiger partial charge in [0.1, 0.15) is 10.6 Å². The minimum absolute atomic E-state index is 0.133. The Morgan fingerprint density at radius 2 is 1.85 bits per heavy atom. The van der Waals surface area contributed by atoms with Gasteiger partial charge in [-0.3, -0.25) is 9.59 Å². The molecule has 0 radical (unpaired) electrons. The molecule has 9 nitrogen and oxygen atoms in total. The van der Waals surface area contributed by atoms with Gasteiger partial charge in [0.2, 0.25) is 5.91 Å². The van der Waals surface area contributed by atoms with Gasteiger partial charge in [-0.2, -0.15) is 0 Å². The van der Waals surface area contributed by atoms with E-state index in [1.165, 1.54) is 28.0 Å². The zero-order chi connectivity index (χ0) is 24.3. The monoisotopic (exact) mass is 488 g/mol. The zero-order valence-corrected chi connectivity index (χ0v) is 21.4. The van der Waals surface area contributed by atoms with Crippen LogP contribution in [0.1, 0.15) is 45.3 Å². The van der Waals surface area contributed by atoms with E-state index in [0.717, 1.165) is 16.9 Å². The van der Waals surface area contributed by atoms with Crippen molar-refractivity contribution < 1.29 is 14.3 Å². The Hall–Kier alpha value is -2.92. The summed E-state index contributed by atoms with van der Waals surface area (Å²) in [5.41, 5.74) is 2.86. The maximum Gasteiger partial charge on any atom is 0.265 e. The van der Waals surface area contributed by atoms with Crippen LogP contribution in [-0.2, 0) is 11.8 Å². The van der Waals surface area contributed by atoms with Gasteiger partial charge in [-0.1, -0.05) is 29.2 Å². The number of thiazole rings is 1. The van der Waals surface area contributed by atoms with Crippen molar-refractivity contribution in [1.29, 1.82) is 0 Å². The Balaban J connectivity index is 1.59. The Labute approximate surface area is 201 Å². The maximum atomic E-state index is 12.4. The van der Waals surface area contributed by atoms with Crippen LogP contribution in [0.4, 0.5) is 5.13 Å². The SMILES string of the molecule is Cc1cc(C)cc(OC(C)c2nnc(SCC(=O)Nc3nc(C)c(C(=O)N(C)C)s3)n2C)c1. The minimum Gasteiger partial charge on any atom is -0.483 e. The summed E-state index contributed by atoms with van der Waals surface area (Å²) in [6.07, 6.45) is -0.308. The molecule has 176 valence electrons. The molecule has 3 aromatic rings. The van der Waals surface area contributed by atoms with E-state index in [-0.39, 0.29) is 23.7 Å². The molecule has 1 aromatic carbocycles. The van der Waals surface area contributed by atoms with Gasteiger partial charge in [-0.25, -0.2) is 4.98 Å². The van der Waals surface area contributed by atoms with E-state index in [0.29, 0.717) is 26.7 Å². The molecule has 0 saturated carbocycles. The van der Waals surface area contributed by atoms with Crippen LogP contribution >= 0.6 is 23.1 Å². The quantitative estimate of drug-likeness (QED) is 0.482. The molecule has 0 aliphatic heterocycles. The molecule has 0 aliphatic rings. The molecule has 1 atom stereocenters. The molecular weight excluding hydrogens is 460 g/mol. The Kier molecular flexibility index (Phi) is 7.75. The number of carbonyl (C=O) groups excluding carboxylic acids is 2. The first kappa shape index (κ1) is 24.7. The number of nitrogens with one attached hydrogen (secondary N) is 1. The van der Waals surface area contributed by atoms with Gasteiger partial charge in [0.25, 0.3) is 5.91 Å². The summed E-state index contributed by atoms with van der Waals surface area (Å²) in [5, 5.41) is 12.2. The number of aryl methyl sites for hydroxylation is 3. The number of hydrogen-bond donors (Lipinski definition) is 1. The number of nitrogens with zero attached hydrogens (tertiary/aromatic N) is 5. The molecule has 0 bridgehead atoms. The lowest BCUT2D eigenvalue weighted by Crippen LogP contribution is -2.21. The summed E-state index contributed by atoms with van der Waals surface area (Å²) in [7, 11) is 5.21. The highest BCUT2D eigenvalue weighted by atomic mass is 32.2. The molecule has 0 saturated heterocycles. The summed E-state index contributed by atoms with van der Waals surface area (Å²) < 4.78 is 7.89. The van der Waals surface area contributed by atoms with Crippen LogP contribution in [0.5, 0.6) is 5.75 Å². The molecule has 2 aromatic heterocycles. The van der Waals surface area contributed by atoms with Crippen LogP contribution in [0, 0.1) is 20.8 Å². The lowest BCUT2D eigenvalue weighted by molar-refractivity contribution is -0.113. The van der Waals surface area contributed by atoms with Crippen molar-refractivity contribution in [2.75, 3.05) is 25.2 Å². The van der Waals surface area contributed by atoms with Crippen molar-refractivity contribution >= 4 is 40.0 Å². The Morgan fingerprint density at radius 1 is 1.18 bits per heavy atom. The van der Waals surface area contributed by atoms with Crippen molar-refractivity contribution in [2.24, 2.45) is 7.05 Å². The van der Waals surface area contributed by atoms with Crippen LogP contribution in [0.15, 0.2) is 23.4 Å². The minimum atomic E-state index is -0.308. The number of benzene rings is 1. The molecule has 3 rings (SSSR count). The van der Waals surface area contributed by atoms with Crippen LogP contribution in [0.3, 0.4) is 0 Å². The summed E-state index contributed by atoms with van der Waals surface area (Å²) in [6.45, 7) is 7.72. The summed E-state index contributed by atoms with van der Waals surface area (Å²) in [4.78, 5) is 30.9. The van der Waals surface area contributed by atoms with Crippen molar-refractivity contribution in [3.63, 3.8) is 0 Å². The molecule has 0 fully saturated rings. The number of amides is 2. The predicted octanol–water partition coefficient (Wildman–Crippen LogP) is 3.77. The van der Waals surface area contributed by atoms with Crippen molar-refractivity contribution in [1.82, 2.24) is 24.6 Å². The van der Waals surface area contributed by atoms with Gasteiger partial charge >= 0.3 is 0 Å². The molecule has 0 spiro atoms.